The van der Waals surface area contributed by atoms with Crippen molar-refractivity contribution in [2.24, 2.45) is 0 Å². The Kier molecular flexibility index (Phi) is 4.64. The third-order valence-electron chi connectivity index (χ3n) is 3.64. The minimum absolute atomic E-state index is 0.0414. The summed E-state index contributed by atoms with van der Waals surface area (Å²) in [4.78, 5) is 32.1. The molecule has 3 N–H and O–H groups in total. The van der Waals surface area contributed by atoms with E-state index < -0.39 is 11.7 Å². The average molecular weight is 329 g/mol. The van der Waals surface area contributed by atoms with Gasteiger partial charge < -0.3 is 16.0 Å². The average Bonchev–Trinajstić information content (AvgIpc) is 2.58. The van der Waals surface area contributed by atoms with E-state index in [1.807, 2.05) is 0 Å². The Hall–Kier alpha value is -3.03. The van der Waals surface area contributed by atoms with E-state index >= 15 is 0 Å². The fourth-order valence-corrected chi connectivity index (χ4v) is 2.54. The van der Waals surface area contributed by atoms with Crippen LogP contribution in [0.15, 0.2) is 36.7 Å². The number of benzene rings is 1. The van der Waals surface area contributed by atoms with Gasteiger partial charge in [0.05, 0.1) is 5.92 Å². The quantitative estimate of drug-likeness (QED) is 0.718. The number of hydrogen-bond donors (Lipinski definition) is 3. The Labute approximate surface area is 137 Å². The summed E-state index contributed by atoms with van der Waals surface area (Å²) in [7, 11) is 0. The lowest BCUT2D eigenvalue weighted by molar-refractivity contribution is -0.126. The number of carbonyl (C=O) groups is 2. The second-order valence-electron chi connectivity index (χ2n) is 5.33. The molecule has 3 rings (SSSR count). The molecule has 0 fully saturated rings. The van der Waals surface area contributed by atoms with E-state index in [2.05, 4.69) is 25.9 Å². The van der Waals surface area contributed by atoms with Gasteiger partial charge in [0.15, 0.2) is 0 Å². The maximum absolute atomic E-state index is 13.3. The fourth-order valence-electron chi connectivity index (χ4n) is 2.54. The van der Waals surface area contributed by atoms with Crippen LogP contribution < -0.4 is 16.0 Å². The number of nitrogens with zero attached hydrogens (tertiary/aromatic N) is 2. The normalized spacial score (nSPS) is 16.0. The Bertz CT molecular complexity index is 753. The Balaban J connectivity index is 1.58. The van der Waals surface area contributed by atoms with Gasteiger partial charge in [0.2, 0.25) is 17.8 Å². The molecule has 2 aromatic rings. The molecule has 1 atom stereocenters. The van der Waals surface area contributed by atoms with Gasteiger partial charge in [0.1, 0.15) is 5.82 Å². The Morgan fingerprint density at radius 1 is 1.29 bits per heavy atom. The monoisotopic (exact) mass is 329 g/mol. The summed E-state index contributed by atoms with van der Waals surface area (Å²) in [6.07, 6.45) is 3.27. The van der Waals surface area contributed by atoms with Crippen LogP contribution in [0.4, 0.5) is 16.0 Å². The van der Waals surface area contributed by atoms with E-state index in [0.717, 1.165) is 0 Å². The zero-order valence-electron chi connectivity index (χ0n) is 12.8. The number of rotatable bonds is 5. The topological polar surface area (TPSA) is 96.0 Å². The molecule has 124 valence electrons. The molecule has 0 unspecified atom stereocenters. The van der Waals surface area contributed by atoms with E-state index in [1.54, 1.807) is 18.5 Å². The van der Waals surface area contributed by atoms with Gasteiger partial charge >= 0.3 is 0 Å². The van der Waals surface area contributed by atoms with Crippen molar-refractivity contribution in [3.63, 3.8) is 0 Å². The number of hydrogen-bond acceptors (Lipinski definition) is 5. The zero-order chi connectivity index (χ0) is 16.9. The van der Waals surface area contributed by atoms with Crippen molar-refractivity contribution in [2.45, 2.75) is 12.3 Å². The van der Waals surface area contributed by atoms with E-state index in [9.17, 15) is 14.0 Å². The lowest BCUT2D eigenvalue weighted by Crippen LogP contribution is -2.37. The summed E-state index contributed by atoms with van der Waals surface area (Å²) < 4.78 is 13.3. The van der Waals surface area contributed by atoms with Gasteiger partial charge in [-0.15, -0.1) is 0 Å². The molecule has 0 aliphatic carbocycles. The number of nitrogens with one attached hydrogen (secondary N) is 3. The molecule has 0 saturated carbocycles. The molecule has 8 heteroatoms. The van der Waals surface area contributed by atoms with Crippen molar-refractivity contribution in [2.75, 3.05) is 23.7 Å². The van der Waals surface area contributed by atoms with Gasteiger partial charge in [-0.05, 0) is 23.8 Å². The zero-order valence-corrected chi connectivity index (χ0v) is 12.8. The minimum Gasteiger partial charge on any atom is -0.354 e. The van der Waals surface area contributed by atoms with Crippen molar-refractivity contribution < 1.29 is 14.0 Å². The van der Waals surface area contributed by atoms with E-state index in [4.69, 9.17) is 0 Å². The van der Waals surface area contributed by atoms with E-state index in [0.29, 0.717) is 30.3 Å². The minimum atomic E-state index is -0.623. The highest BCUT2D eigenvalue weighted by atomic mass is 19.1. The Morgan fingerprint density at radius 2 is 2.08 bits per heavy atom. The molecule has 0 radical (unpaired) electrons. The molecule has 24 heavy (non-hydrogen) atoms. The van der Waals surface area contributed by atoms with Crippen LogP contribution in [0.2, 0.25) is 0 Å². The predicted molar refractivity (Wildman–Crippen MR) is 85.9 cm³/mol. The highest BCUT2D eigenvalue weighted by molar-refractivity contribution is 6.01. The van der Waals surface area contributed by atoms with Crippen molar-refractivity contribution in [1.82, 2.24) is 15.3 Å². The van der Waals surface area contributed by atoms with Gasteiger partial charge in [-0.3, -0.25) is 9.59 Å². The first kappa shape index (κ1) is 15.9. The first-order valence-electron chi connectivity index (χ1n) is 7.51. The standard InChI is InChI=1S/C16H16FN5O2/c17-10-2-3-11-12(9-14(23)22-13(11)8-10)15(24)18-6-7-21-16-19-4-1-5-20-16/h1-5,8,12H,6-7,9H2,(H,18,24)(H,22,23)(H,19,20,21)/t12-/m0/s1. The molecule has 7 nitrogen and oxygen atoms in total. The number of amides is 2. The lowest BCUT2D eigenvalue weighted by Gasteiger charge is -2.24. The Morgan fingerprint density at radius 3 is 2.88 bits per heavy atom. The van der Waals surface area contributed by atoms with Crippen LogP contribution in [0.1, 0.15) is 17.9 Å². The molecular weight excluding hydrogens is 313 g/mol. The van der Waals surface area contributed by atoms with Gasteiger partial charge in [0, 0.05) is 37.6 Å². The number of carbonyl (C=O) groups excluding carboxylic acids is 2. The first-order chi connectivity index (χ1) is 11.6. The first-order valence-corrected chi connectivity index (χ1v) is 7.51. The SMILES string of the molecule is O=C1C[C@H](C(=O)NCCNc2ncccn2)c2ccc(F)cc2N1. The van der Waals surface area contributed by atoms with Crippen molar-refractivity contribution in [1.29, 1.82) is 0 Å². The lowest BCUT2D eigenvalue weighted by atomic mass is 9.89. The second kappa shape index (κ2) is 7.03. The summed E-state index contributed by atoms with van der Waals surface area (Å²) in [5, 5.41) is 8.33. The van der Waals surface area contributed by atoms with Gasteiger partial charge in [-0.1, -0.05) is 6.07 Å². The van der Waals surface area contributed by atoms with Crippen LogP contribution in [0, 0.1) is 5.82 Å². The number of fused-ring (bicyclic) bond motifs is 1. The summed E-state index contributed by atoms with van der Waals surface area (Å²) >= 11 is 0. The van der Waals surface area contributed by atoms with Crippen LogP contribution in [0.3, 0.4) is 0 Å². The molecule has 0 bridgehead atoms. The molecule has 1 aliphatic rings. The molecule has 0 saturated heterocycles. The number of aromatic nitrogens is 2. The molecular formula is C16H16FN5O2. The predicted octanol–water partition coefficient (Wildman–Crippen LogP) is 1.27. The van der Waals surface area contributed by atoms with Crippen LogP contribution in [-0.2, 0) is 9.59 Å². The summed E-state index contributed by atoms with van der Waals surface area (Å²) in [5.74, 6) is -1.17. The fraction of sp³-hybridized carbons (Fsp3) is 0.250. The summed E-state index contributed by atoms with van der Waals surface area (Å²) in [5.41, 5.74) is 0.968. The van der Waals surface area contributed by atoms with Gasteiger partial charge in [-0.2, -0.15) is 0 Å². The molecule has 2 heterocycles. The van der Waals surface area contributed by atoms with Crippen LogP contribution in [-0.4, -0.2) is 34.9 Å². The van der Waals surface area contributed by atoms with Crippen LogP contribution in [0.25, 0.3) is 0 Å². The highest BCUT2D eigenvalue weighted by Gasteiger charge is 2.30. The molecule has 1 aliphatic heterocycles. The maximum Gasteiger partial charge on any atom is 0.228 e. The van der Waals surface area contributed by atoms with Gasteiger partial charge in [-0.25, -0.2) is 14.4 Å². The van der Waals surface area contributed by atoms with Crippen molar-refractivity contribution in [3.05, 3.63) is 48.0 Å². The van der Waals surface area contributed by atoms with E-state index in [1.165, 1.54) is 18.2 Å². The van der Waals surface area contributed by atoms with Gasteiger partial charge in [0.25, 0.3) is 0 Å². The molecule has 0 spiro atoms. The third kappa shape index (κ3) is 3.65. The summed E-state index contributed by atoms with van der Waals surface area (Å²) in [6.45, 7) is 0.802. The smallest absolute Gasteiger partial charge is 0.228 e. The summed E-state index contributed by atoms with van der Waals surface area (Å²) in [6, 6.07) is 5.75. The highest BCUT2D eigenvalue weighted by Crippen LogP contribution is 2.32. The van der Waals surface area contributed by atoms with Crippen molar-refractivity contribution >= 4 is 23.5 Å². The molecule has 1 aromatic carbocycles. The maximum atomic E-state index is 13.3. The second-order valence-corrected chi connectivity index (χ2v) is 5.33. The molecule has 1 aromatic heterocycles. The van der Waals surface area contributed by atoms with Crippen molar-refractivity contribution in [3.8, 4) is 0 Å². The number of halogens is 1. The van der Waals surface area contributed by atoms with E-state index in [-0.39, 0.29) is 18.2 Å². The largest absolute Gasteiger partial charge is 0.354 e. The molecule has 2 amide bonds. The number of anilines is 2. The van der Waals surface area contributed by atoms with Crippen LogP contribution in [0.5, 0.6) is 0 Å². The van der Waals surface area contributed by atoms with Crippen LogP contribution >= 0.6 is 0 Å². The third-order valence-corrected chi connectivity index (χ3v) is 3.64.